The van der Waals surface area contributed by atoms with E-state index in [0.717, 1.165) is 0 Å². The topological polar surface area (TPSA) is 102 Å². The lowest BCUT2D eigenvalue weighted by atomic mass is 9.95. The van der Waals surface area contributed by atoms with E-state index in [1.54, 1.807) is 12.1 Å². The Hall–Kier alpha value is -3.26. The largest absolute Gasteiger partial charge is 0.461 e. The van der Waals surface area contributed by atoms with E-state index in [1.165, 1.54) is 18.5 Å². The minimum Gasteiger partial charge on any atom is -0.461 e. The molecule has 14 heteroatoms. The summed E-state index contributed by atoms with van der Waals surface area (Å²) in [6.45, 7) is -0.778. The number of halogens is 4. The molecule has 5 rings (SSSR count). The molecule has 0 radical (unpaired) electrons. The lowest BCUT2D eigenvalue weighted by molar-refractivity contribution is -0.176. The van der Waals surface area contributed by atoms with Gasteiger partial charge in [0.05, 0.1) is 24.8 Å². The fourth-order valence-electron chi connectivity index (χ4n) is 4.07. The lowest BCUT2D eigenvalue weighted by Gasteiger charge is -2.33. The van der Waals surface area contributed by atoms with E-state index < -0.39 is 29.9 Å². The molecule has 1 N–H and O–H groups in total. The van der Waals surface area contributed by atoms with Crippen LogP contribution in [-0.4, -0.2) is 45.9 Å². The molecule has 2 aliphatic heterocycles. The maximum absolute atomic E-state index is 14.6. The molecule has 0 saturated carbocycles. The lowest BCUT2D eigenvalue weighted by Crippen LogP contribution is -2.40. The van der Waals surface area contributed by atoms with Gasteiger partial charge < -0.3 is 14.1 Å². The Bertz CT molecular complexity index is 1290. The zero-order valence-electron chi connectivity index (χ0n) is 18.0. The van der Waals surface area contributed by atoms with Crippen molar-refractivity contribution in [2.24, 2.45) is 11.1 Å². The number of nitrogens with zero attached hydrogens (tertiary/aromatic N) is 4. The second-order valence-corrected chi connectivity index (χ2v) is 8.91. The van der Waals surface area contributed by atoms with Crippen LogP contribution in [0.1, 0.15) is 18.5 Å². The van der Waals surface area contributed by atoms with Gasteiger partial charge in [-0.25, -0.2) is 9.37 Å². The Labute approximate surface area is 198 Å². The molecule has 1 fully saturated rings. The molecule has 35 heavy (non-hydrogen) atoms. The third kappa shape index (κ3) is 5.22. The Morgan fingerprint density at radius 1 is 1.26 bits per heavy atom. The summed E-state index contributed by atoms with van der Waals surface area (Å²) in [6.07, 6.45) is -0.509. The highest BCUT2D eigenvalue weighted by Gasteiger charge is 2.31. The highest BCUT2D eigenvalue weighted by atomic mass is 32.2. The number of anilines is 1. The summed E-state index contributed by atoms with van der Waals surface area (Å²) in [5.74, 6) is 0.341. The minimum atomic E-state index is -4.46. The number of fused-ring (bicyclic) bond motifs is 1. The van der Waals surface area contributed by atoms with Crippen molar-refractivity contribution < 1.29 is 35.2 Å². The first-order valence-corrected chi connectivity index (χ1v) is 11.7. The van der Waals surface area contributed by atoms with Gasteiger partial charge in [-0.15, -0.1) is 0 Å². The SMILES string of the molecule is O=S1NC(C2CCN(c3nc(COCC(F)(F)F)cnc3-c3cc(F)c4occc4c3)CC2)=NO1. The van der Waals surface area contributed by atoms with Gasteiger partial charge in [0.2, 0.25) is 0 Å². The van der Waals surface area contributed by atoms with Gasteiger partial charge in [-0.3, -0.25) is 14.0 Å². The highest BCUT2D eigenvalue weighted by molar-refractivity contribution is 7.79. The molecule has 4 heterocycles. The summed E-state index contributed by atoms with van der Waals surface area (Å²) in [6, 6.07) is 4.63. The first kappa shape index (κ1) is 23.5. The summed E-state index contributed by atoms with van der Waals surface area (Å²) in [7, 11) is 0. The van der Waals surface area contributed by atoms with Crippen LogP contribution in [0.2, 0.25) is 0 Å². The molecule has 0 aliphatic carbocycles. The van der Waals surface area contributed by atoms with Crippen LogP contribution in [-0.2, 0) is 26.9 Å². The molecule has 1 saturated heterocycles. The van der Waals surface area contributed by atoms with Crippen LogP contribution in [0.4, 0.5) is 23.4 Å². The number of benzene rings is 1. The molecule has 1 aromatic carbocycles. The molecular weight excluding hydrogens is 494 g/mol. The number of aromatic nitrogens is 2. The zero-order chi connectivity index (χ0) is 24.6. The van der Waals surface area contributed by atoms with Crippen molar-refractivity contribution in [3.8, 4) is 11.3 Å². The van der Waals surface area contributed by atoms with Crippen molar-refractivity contribution in [2.75, 3.05) is 24.6 Å². The first-order valence-electron chi connectivity index (χ1n) is 10.6. The van der Waals surface area contributed by atoms with Gasteiger partial charge in [0.15, 0.2) is 23.1 Å². The van der Waals surface area contributed by atoms with E-state index in [1.807, 2.05) is 4.90 Å². The van der Waals surface area contributed by atoms with E-state index in [-0.39, 0.29) is 23.8 Å². The van der Waals surface area contributed by atoms with Gasteiger partial charge in [0, 0.05) is 30.0 Å². The molecule has 0 bridgehead atoms. The maximum Gasteiger partial charge on any atom is 0.411 e. The van der Waals surface area contributed by atoms with Crippen molar-refractivity contribution in [3.05, 3.63) is 42.2 Å². The molecule has 9 nitrogen and oxygen atoms in total. The van der Waals surface area contributed by atoms with E-state index in [4.69, 9.17) is 13.4 Å². The quantitative estimate of drug-likeness (QED) is 0.500. The molecule has 2 aliphatic rings. The molecule has 0 amide bonds. The normalized spacial score (nSPS) is 19.0. The smallest absolute Gasteiger partial charge is 0.411 e. The van der Waals surface area contributed by atoms with Crippen molar-refractivity contribution in [2.45, 2.75) is 25.6 Å². The zero-order valence-corrected chi connectivity index (χ0v) is 18.9. The van der Waals surface area contributed by atoms with Gasteiger partial charge in [-0.2, -0.15) is 17.4 Å². The van der Waals surface area contributed by atoms with E-state index in [0.29, 0.717) is 54.2 Å². The summed E-state index contributed by atoms with van der Waals surface area (Å²) in [5, 5.41) is 4.35. The number of alkyl halides is 3. The third-order valence-electron chi connectivity index (χ3n) is 5.67. The summed E-state index contributed by atoms with van der Waals surface area (Å²) < 4.78 is 80.7. The number of hydrogen-bond donors (Lipinski definition) is 1. The Morgan fingerprint density at radius 2 is 2.06 bits per heavy atom. The van der Waals surface area contributed by atoms with Gasteiger partial charge in [-0.1, -0.05) is 5.16 Å². The van der Waals surface area contributed by atoms with Crippen molar-refractivity contribution in [1.29, 1.82) is 0 Å². The number of hydrogen-bond acceptors (Lipinski definition) is 8. The number of amidine groups is 1. The molecule has 3 aromatic rings. The van der Waals surface area contributed by atoms with Crippen LogP contribution in [0.25, 0.3) is 22.2 Å². The van der Waals surface area contributed by atoms with Gasteiger partial charge in [0.1, 0.15) is 12.3 Å². The van der Waals surface area contributed by atoms with E-state index in [9.17, 15) is 21.8 Å². The Kier molecular flexibility index (Phi) is 6.32. The van der Waals surface area contributed by atoms with Gasteiger partial charge in [-0.05, 0) is 31.0 Å². The van der Waals surface area contributed by atoms with Crippen LogP contribution in [0, 0.1) is 11.7 Å². The van der Waals surface area contributed by atoms with Crippen molar-refractivity contribution >= 4 is 33.9 Å². The Morgan fingerprint density at radius 3 is 2.77 bits per heavy atom. The average Bonchev–Trinajstić information content (AvgIpc) is 3.48. The first-order chi connectivity index (χ1) is 16.8. The number of rotatable bonds is 6. The van der Waals surface area contributed by atoms with Crippen LogP contribution in [0.3, 0.4) is 0 Å². The van der Waals surface area contributed by atoms with Gasteiger partial charge >= 0.3 is 17.4 Å². The predicted octanol–water partition coefficient (Wildman–Crippen LogP) is 3.84. The van der Waals surface area contributed by atoms with E-state index in [2.05, 4.69) is 19.8 Å². The number of piperidine rings is 1. The highest BCUT2D eigenvalue weighted by Crippen LogP contribution is 2.34. The molecular formula is C21H19F4N5O4S. The predicted molar refractivity (Wildman–Crippen MR) is 118 cm³/mol. The number of furan rings is 1. The van der Waals surface area contributed by atoms with Crippen LogP contribution in [0.5, 0.6) is 0 Å². The van der Waals surface area contributed by atoms with Crippen LogP contribution in [0.15, 0.2) is 40.2 Å². The van der Waals surface area contributed by atoms with E-state index >= 15 is 0 Å². The molecule has 1 atom stereocenters. The van der Waals surface area contributed by atoms with Crippen molar-refractivity contribution in [1.82, 2.24) is 14.7 Å². The average molecular weight is 513 g/mol. The van der Waals surface area contributed by atoms with Crippen LogP contribution < -0.4 is 9.62 Å². The van der Waals surface area contributed by atoms with Crippen molar-refractivity contribution in [3.63, 3.8) is 0 Å². The third-order valence-corrected chi connectivity index (χ3v) is 6.26. The molecule has 186 valence electrons. The molecule has 1 unspecified atom stereocenters. The molecule has 2 aromatic heterocycles. The number of oxime groups is 1. The maximum atomic E-state index is 14.6. The summed E-state index contributed by atoms with van der Waals surface area (Å²) in [4.78, 5) is 10.9. The Balaban J connectivity index is 1.43. The standard InChI is InChI=1S/C21H19F4N5O4S/c22-16-8-14(7-13-3-6-33-18(13)16)17-20(27-15(9-26-17)10-32-11-21(23,24)25)30-4-1-12(2-5-30)19-28-34-35(31)29-19/h3,6-9,12H,1-2,4-5,10-11H2,(H,28,29). The second kappa shape index (κ2) is 9.41. The summed E-state index contributed by atoms with van der Waals surface area (Å²) >= 11 is -1.68. The number of ether oxygens (including phenoxy) is 1. The summed E-state index contributed by atoms with van der Waals surface area (Å²) in [5.41, 5.74) is 1.16. The fourth-order valence-corrected chi connectivity index (χ4v) is 4.63. The number of nitrogens with one attached hydrogen (secondary N) is 1. The minimum absolute atomic E-state index is 0.00728. The van der Waals surface area contributed by atoms with Crippen LogP contribution >= 0.6 is 0 Å². The fraction of sp³-hybridized carbons (Fsp3) is 0.381. The monoisotopic (exact) mass is 513 g/mol. The van der Waals surface area contributed by atoms with Gasteiger partial charge in [0.25, 0.3) is 0 Å². The molecule has 0 spiro atoms. The second-order valence-electron chi connectivity index (χ2n) is 8.09.